The largest absolute Gasteiger partial charge is 0.348 e. The van der Waals surface area contributed by atoms with Gasteiger partial charge in [-0.05, 0) is 19.3 Å². The fraction of sp³-hybridized carbons (Fsp3) is 0.833. The van der Waals surface area contributed by atoms with E-state index in [2.05, 4.69) is 17.6 Å². The van der Waals surface area contributed by atoms with Gasteiger partial charge in [0, 0.05) is 12.6 Å². The topological polar surface area (TPSA) is 58.2 Å². The first kappa shape index (κ1) is 13.0. The zero-order chi connectivity index (χ0) is 11.8. The van der Waals surface area contributed by atoms with Crippen LogP contribution in [0.15, 0.2) is 0 Å². The van der Waals surface area contributed by atoms with E-state index in [4.69, 9.17) is 0 Å². The molecule has 0 aromatic carbocycles. The fourth-order valence-electron chi connectivity index (χ4n) is 1.49. The number of hydrogen-bond acceptors (Lipinski definition) is 2. The van der Waals surface area contributed by atoms with Gasteiger partial charge in [-0.3, -0.25) is 9.59 Å². The van der Waals surface area contributed by atoms with Crippen LogP contribution in [-0.4, -0.2) is 24.4 Å². The predicted octanol–water partition coefficient (Wildman–Crippen LogP) is 1.35. The summed E-state index contributed by atoms with van der Waals surface area (Å²) in [4.78, 5) is 22.5. The highest BCUT2D eigenvalue weighted by atomic mass is 16.2. The van der Waals surface area contributed by atoms with E-state index in [-0.39, 0.29) is 6.04 Å². The molecular formula is C12H22N2O2. The van der Waals surface area contributed by atoms with E-state index in [0.29, 0.717) is 6.54 Å². The minimum atomic E-state index is -0.484. The normalized spacial score (nSPS) is 14.6. The second-order valence-electron chi connectivity index (χ2n) is 4.42. The molecule has 0 heterocycles. The van der Waals surface area contributed by atoms with Crippen LogP contribution in [0.2, 0.25) is 0 Å². The highest BCUT2D eigenvalue weighted by molar-refractivity contribution is 6.35. The Balaban J connectivity index is 1.94. The van der Waals surface area contributed by atoms with E-state index in [0.717, 1.165) is 25.7 Å². The molecule has 0 spiro atoms. The van der Waals surface area contributed by atoms with Gasteiger partial charge >= 0.3 is 11.8 Å². The quantitative estimate of drug-likeness (QED) is 0.508. The lowest BCUT2D eigenvalue weighted by atomic mass is 10.1. The van der Waals surface area contributed by atoms with E-state index in [1.807, 2.05) is 0 Å². The lowest BCUT2D eigenvalue weighted by Crippen LogP contribution is -2.41. The lowest BCUT2D eigenvalue weighted by molar-refractivity contribution is -0.139. The van der Waals surface area contributed by atoms with E-state index in [1.165, 1.54) is 19.3 Å². The first-order valence-electron chi connectivity index (χ1n) is 6.32. The van der Waals surface area contributed by atoms with Crippen LogP contribution in [0.25, 0.3) is 0 Å². The fourth-order valence-corrected chi connectivity index (χ4v) is 1.49. The summed E-state index contributed by atoms with van der Waals surface area (Å²) in [5.41, 5.74) is 0. The Morgan fingerprint density at radius 2 is 1.75 bits per heavy atom. The van der Waals surface area contributed by atoms with Gasteiger partial charge in [0.2, 0.25) is 0 Å². The highest BCUT2D eigenvalue weighted by Crippen LogP contribution is 2.18. The molecule has 2 N–H and O–H groups in total. The molecule has 4 nitrogen and oxygen atoms in total. The average Bonchev–Trinajstić information content (AvgIpc) is 3.06. The van der Waals surface area contributed by atoms with Crippen LogP contribution < -0.4 is 10.6 Å². The molecule has 0 radical (unpaired) electrons. The molecule has 1 rings (SSSR count). The lowest BCUT2D eigenvalue weighted by Gasteiger charge is -2.05. The molecular weight excluding hydrogens is 204 g/mol. The van der Waals surface area contributed by atoms with E-state index < -0.39 is 11.8 Å². The van der Waals surface area contributed by atoms with Gasteiger partial charge < -0.3 is 10.6 Å². The third kappa shape index (κ3) is 5.73. The maximum absolute atomic E-state index is 11.3. The van der Waals surface area contributed by atoms with Crippen LogP contribution in [0.1, 0.15) is 51.9 Å². The van der Waals surface area contributed by atoms with Crippen LogP contribution >= 0.6 is 0 Å². The third-order valence-electron chi connectivity index (χ3n) is 2.68. The van der Waals surface area contributed by atoms with Crippen molar-refractivity contribution < 1.29 is 9.59 Å². The molecule has 0 unspecified atom stereocenters. The van der Waals surface area contributed by atoms with Gasteiger partial charge in [0.15, 0.2) is 0 Å². The zero-order valence-electron chi connectivity index (χ0n) is 10.1. The molecule has 0 atom stereocenters. The standard InChI is InChI=1S/C12H22N2O2/c1-2-3-4-5-6-9-13-11(15)12(16)14-10-7-8-10/h10H,2-9H2,1H3,(H,13,15)(H,14,16). The van der Waals surface area contributed by atoms with E-state index in [1.54, 1.807) is 0 Å². The number of carbonyl (C=O) groups excluding carboxylic acids is 2. The van der Waals surface area contributed by atoms with Crippen LogP contribution in [0.5, 0.6) is 0 Å². The Kier molecular flexibility index (Phi) is 5.90. The minimum Gasteiger partial charge on any atom is -0.348 e. The van der Waals surface area contributed by atoms with Gasteiger partial charge in [-0.15, -0.1) is 0 Å². The molecule has 16 heavy (non-hydrogen) atoms. The van der Waals surface area contributed by atoms with Gasteiger partial charge in [-0.1, -0.05) is 32.6 Å². The maximum Gasteiger partial charge on any atom is 0.309 e. The van der Waals surface area contributed by atoms with Crippen LogP contribution in [0.3, 0.4) is 0 Å². The average molecular weight is 226 g/mol. The summed E-state index contributed by atoms with van der Waals surface area (Å²) in [6, 6.07) is 0.253. The van der Waals surface area contributed by atoms with Crippen molar-refractivity contribution in [1.82, 2.24) is 10.6 Å². The summed E-state index contributed by atoms with van der Waals surface area (Å²) >= 11 is 0. The molecule has 2 amide bonds. The summed E-state index contributed by atoms with van der Waals surface area (Å²) in [6.07, 6.45) is 7.78. The summed E-state index contributed by atoms with van der Waals surface area (Å²) in [5.74, 6) is -0.960. The predicted molar refractivity (Wildman–Crippen MR) is 62.9 cm³/mol. The number of carbonyl (C=O) groups is 2. The Labute approximate surface area is 97.2 Å². The highest BCUT2D eigenvalue weighted by Gasteiger charge is 2.25. The SMILES string of the molecule is CCCCCCCNC(=O)C(=O)NC1CC1. The Morgan fingerprint density at radius 1 is 1.06 bits per heavy atom. The molecule has 4 heteroatoms. The summed E-state index contributed by atoms with van der Waals surface area (Å²) < 4.78 is 0. The van der Waals surface area contributed by atoms with Crippen LogP contribution in [-0.2, 0) is 9.59 Å². The number of nitrogens with one attached hydrogen (secondary N) is 2. The molecule has 0 bridgehead atoms. The number of unbranched alkanes of at least 4 members (excludes halogenated alkanes) is 4. The number of rotatable bonds is 7. The van der Waals surface area contributed by atoms with Gasteiger partial charge in [0.25, 0.3) is 0 Å². The van der Waals surface area contributed by atoms with Gasteiger partial charge in [0.1, 0.15) is 0 Å². The third-order valence-corrected chi connectivity index (χ3v) is 2.68. The molecule has 92 valence electrons. The van der Waals surface area contributed by atoms with E-state index >= 15 is 0 Å². The molecule has 0 aliphatic heterocycles. The van der Waals surface area contributed by atoms with Crippen molar-refractivity contribution in [3.63, 3.8) is 0 Å². The van der Waals surface area contributed by atoms with Gasteiger partial charge in [-0.2, -0.15) is 0 Å². The number of hydrogen-bond donors (Lipinski definition) is 2. The molecule has 1 aliphatic rings. The van der Waals surface area contributed by atoms with Crippen molar-refractivity contribution in [2.24, 2.45) is 0 Å². The summed E-state index contributed by atoms with van der Waals surface area (Å²) in [6.45, 7) is 2.78. The van der Waals surface area contributed by atoms with Crippen molar-refractivity contribution in [2.75, 3.05) is 6.54 Å². The zero-order valence-corrected chi connectivity index (χ0v) is 10.1. The van der Waals surface area contributed by atoms with Crippen molar-refractivity contribution in [3.05, 3.63) is 0 Å². The molecule has 1 saturated carbocycles. The number of amides is 2. The van der Waals surface area contributed by atoms with Crippen molar-refractivity contribution >= 4 is 11.8 Å². The Morgan fingerprint density at radius 3 is 2.38 bits per heavy atom. The summed E-state index contributed by atoms with van der Waals surface area (Å²) in [7, 11) is 0. The second-order valence-corrected chi connectivity index (χ2v) is 4.42. The molecule has 0 aromatic rings. The first-order chi connectivity index (χ1) is 7.74. The molecule has 0 saturated heterocycles. The molecule has 0 aromatic heterocycles. The Hall–Kier alpha value is -1.06. The molecule has 1 fully saturated rings. The molecule has 1 aliphatic carbocycles. The van der Waals surface area contributed by atoms with Crippen molar-refractivity contribution in [3.8, 4) is 0 Å². The monoisotopic (exact) mass is 226 g/mol. The second kappa shape index (κ2) is 7.25. The maximum atomic E-state index is 11.3. The Bertz CT molecular complexity index is 237. The van der Waals surface area contributed by atoms with Crippen LogP contribution in [0, 0.1) is 0 Å². The summed E-state index contributed by atoms with van der Waals surface area (Å²) in [5, 5.41) is 5.31. The van der Waals surface area contributed by atoms with Gasteiger partial charge in [-0.25, -0.2) is 0 Å². The van der Waals surface area contributed by atoms with E-state index in [9.17, 15) is 9.59 Å². The van der Waals surface area contributed by atoms with Crippen molar-refractivity contribution in [1.29, 1.82) is 0 Å². The van der Waals surface area contributed by atoms with Crippen molar-refractivity contribution in [2.45, 2.75) is 57.9 Å². The first-order valence-corrected chi connectivity index (χ1v) is 6.32. The smallest absolute Gasteiger partial charge is 0.309 e. The van der Waals surface area contributed by atoms with Crippen LogP contribution in [0.4, 0.5) is 0 Å². The minimum absolute atomic E-state index is 0.253. The van der Waals surface area contributed by atoms with Gasteiger partial charge in [0.05, 0.1) is 0 Å².